The van der Waals surface area contributed by atoms with E-state index in [9.17, 15) is 19.5 Å². The Morgan fingerprint density at radius 3 is 1.52 bits per heavy atom. The lowest BCUT2D eigenvalue weighted by Gasteiger charge is -2.34. The van der Waals surface area contributed by atoms with E-state index >= 15 is 0 Å². The smallest absolute Gasteiger partial charge is 0.306 e. The minimum Gasteiger partial charge on any atom is -0.544 e. The van der Waals surface area contributed by atoms with Gasteiger partial charge in [-0.25, -0.2) is 0 Å². The van der Waals surface area contributed by atoms with Crippen molar-refractivity contribution in [2.75, 3.05) is 41.0 Å². The van der Waals surface area contributed by atoms with Gasteiger partial charge in [0, 0.05) is 19.3 Å². The van der Waals surface area contributed by atoms with Crippen LogP contribution in [0.4, 0.5) is 0 Å². The molecule has 56 heavy (non-hydrogen) atoms. The minimum atomic E-state index is -1.13. The van der Waals surface area contributed by atoms with Crippen LogP contribution >= 0.6 is 0 Å². The largest absolute Gasteiger partial charge is 0.544 e. The molecule has 0 aliphatic rings. The number of nitrogens with zero attached hydrogens (tertiary/aromatic N) is 1. The van der Waals surface area contributed by atoms with E-state index in [0.717, 1.165) is 77.0 Å². The molecule has 0 rings (SSSR count). The van der Waals surface area contributed by atoms with Gasteiger partial charge in [0.15, 0.2) is 6.10 Å². The predicted octanol–water partition coefficient (Wildman–Crippen LogP) is 11.1. The summed E-state index contributed by atoms with van der Waals surface area (Å²) >= 11 is 0. The Morgan fingerprint density at radius 1 is 0.554 bits per heavy atom. The van der Waals surface area contributed by atoms with E-state index in [1.54, 1.807) is 21.1 Å². The summed E-state index contributed by atoms with van der Waals surface area (Å²) in [7, 11) is 5.40. The third-order valence-corrected chi connectivity index (χ3v) is 9.95. The maximum absolute atomic E-state index is 12.7. The van der Waals surface area contributed by atoms with Crippen molar-refractivity contribution >= 4 is 17.9 Å². The maximum atomic E-state index is 12.7. The number of aliphatic carboxylic acids is 1. The van der Waals surface area contributed by atoms with E-state index in [1.807, 2.05) is 0 Å². The fourth-order valence-electron chi connectivity index (χ4n) is 6.43. The van der Waals surface area contributed by atoms with Crippen LogP contribution in [-0.2, 0) is 28.6 Å². The molecule has 0 aromatic heterocycles. The number of carboxylic acids is 1. The highest BCUT2D eigenvalue weighted by atomic mass is 16.6. The summed E-state index contributed by atoms with van der Waals surface area (Å²) in [4.78, 5) is 36.8. The van der Waals surface area contributed by atoms with E-state index in [0.29, 0.717) is 12.8 Å². The van der Waals surface area contributed by atoms with Gasteiger partial charge in [0.1, 0.15) is 12.6 Å². The summed E-state index contributed by atoms with van der Waals surface area (Å²) in [5.41, 5.74) is 0. The lowest BCUT2D eigenvalue weighted by molar-refractivity contribution is -0.889. The van der Waals surface area contributed by atoms with Crippen molar-refractivity contribution < 1.29 is 38.2 Å². The topological polar surface area (TPSA) is 102 Å². The number of unbranched alkanes of at least 4 members (excludes halogenated alkanes) is 18. The average Bonchev–Trinajstić information content (AvgIpc) is 3.15. The number of ether oxygens (including phenoxy) is 3. The molecule has 0 saturated heterocycles. The van der Waals surface area contributed by atoms with Crippen molar-refractivity contribution in [3.8, 4) is 0 Å². The molecular formula is C48H85NO7. The van der Waals surface area contributed by atoms with Crippen molar-refractivity contribution in [1.82, 2.24) is 0 Å². The summed E-state index contributed by atoms with van der Waals surface area (Å²) in [6.45, 7) is 4.52. The van der Waals surface area contributed by atoms with Gasteiger partial charge in [-0.1, -0.05) is 146 Å². The first kappa shape index (κ1) is 53.3. The summed E-state index contributed by atoms with van der Waals surface area (Å²) in [5, 5.41) is 11.6. The normalized spacial score (nSPS) is 13.4. The fourth-order valence-corrected chi connectivity index (χ4v) is 6.43. The highest BCUT2D eigenvalue weighted by Crippen LogP contribution is 2.14. The van der Waals surface area contributed by atoms with Gasteiger partial charge in [-0.3, -0.25) is 9.59 Å². The second-order valence-electron chi connectivity index (χ2n) is 16.3. The monoisotopic (exact) mass is 788 g/mol. The van der Waals surface area contributed by atoms with Gasteiger partial charge in [0.2, 0.25) is 0 Å². The van der Waals surface area contributed by atoms with Crippen LogP contribution in [0, 0.1) is 0 Å². The molecule has 0 saturated carbocycles. The third kappa shape index (κ3) is 36.9. The van der Waals surface area contributed by atoms with Gasteiger partial charge in [0.05, 0.1) is 40.3 Å². The molecule has 324 valence electrons. The zero-order valence-electron chi connectivity index (χ0n) is 36.8. The molecule has 0 amide bonds. The predicted molar refractivity (Wildman–Crippen MR) is 231 cm³/mol. The number of quaternary nitrogens is 1. The Morgan fingerprint density at radius 2 is 1.00 bits per heavy atom. The molecule has 0 fully saturated rings. The Labute approximate surface area is 344 Å². The van der Waals surface area contributed by atoms with Crippen LogP contribution in [0.2, 0.25) is 0 Å². The molecular weight excluding hydrogens is 703 g/mol. The van der Waals surface area contributed by atoms with Crippen molar-refractivity contribution in [1.29, 1.82) is 0 Å². The van der Waals surface area contributed by atoms with Gasteiger partial charge < -0.3 is 28.6 Å². The number of hydrogen-bond acceptors (Lipinski definition) is 7. The molecule has 0 aromatic carbocycles. The second-order valence-corrected chi connectivity index (χ2v) is 16.3. The van der Waals surface area contributed by atoms with Gasteiger partial charge in [-0.15, -0.1) is 0 Å². The van der Waals surface area contributed by atoms with Crippen LogP contribution in [0.15, 0.2) is 48.6 Å². The van der Waals surface area contributed by atoms with Gasteiger partial charge in [0.25, 0.3) is 0 Å². The molecule has 0 bridgehead atoms. The Balaban J connectivity index is 4.31. The van der Waals surface area contributed by atoms with Crippen LogP contribution in [-0.4, -0.2) is 75.5 Å². The summed E-state index contributed by atoms with van der Waals surface area (Å²) < 4.78 is 17.2. The molecule has 8 heteroatoms. The number of esters is 2. The molecule has 2 atom stereocenters. The quantitative estimate of drug-likeness (QED) is 0.0264. The zero-order valence-corrected chi connectivity index (χ0v) is 36.8. The molecule has 8 nitrogen and oxygen atoms in total. The second kappa shape index (κ2) is 39.1. The zero-order chi connectivity index (χ0) is 41.4. The van der Waals surface area contributed by atoms with Crippen LogP contribution in [0.5, 0.6) is 0 Å². The lowest BCUT2D eigenvalue weighted by Crippen LogP contribution is -2.55. The van der Waals surface area contributed by atoms with E-state index in [1.165, 1.54) is 77.0 Å². The van der Waals surface area contributed by atoms with Crippen molar-refractivity contribution in [2.24, 2.45) is 0 Å². The Kier molecular flexibility index (Phi) is 37.2. The van der Waals surface area contributed by atoms with E-state index in [4.69, 9.17) is 14.2 Å². The first-order valence-electron chi connectivity index (χ1n) is 22.7. The van der Waals surface area contributed by atoms with E-state index < -0.39 is 18.1 Å². The van der Waals surface area contributed by atoms with Crippen LogP contribution in [0.1, 0.15) is 187 Å². The molecule has 0 radical (unpaired) electrons. The van der Waals surface area contributed by atoms with E-state index in [-0.39, 0.29) is 42.7 Å². The van der Waals surface area contributed by atoms with Crippen LogP contribution in [0.3, 0.4) is 0 Å². The first-order chi connectivity index (χ1) is 27.1. The Bertz CT molecular complexity index is 1060. The first-order valence-corrected chi connectivity index (χ1v) is 22.7. The number of rotatable bonds is 40. The van der Waals surface area contributed by atoms with Gasteiger partial charge in [-0.05, 0) is 70.6 Å². The number of carbonyl (C=O) groups excluding carboxylic acids is 3. The maximum Gasteiger partial charge on any atom is 0.306 e. The highest BCUT2D eigenvalue weighted by Gasteiger charge is 2.25. The van der Waals surface area contributed by atoms with Crippen LogP contribution in [0.25, 0.3) is 0 Å². The third-order valence-electron chi connectivity index (χ3n) is 9.95. The number of allylic oxidation sites excluding steroid dienone is 8. The summed E-state index contributed by atoms with van der Waals surface area (Å²) in [6.07, 6.45) is 45.6. The lowest BCUT2D eigenvalue weighted by atomic mass is 10.1. The standard InChI is InChI=1S/C48H85NO7/c1-6-8-10-12-14-16-18-20-21-22-23-24-25-27-28-30-32-34-36-38-46(50)55-43-44(42-54-41-40-45(48(52)53)49(3,4)5)56-47(51)39-37-35-33-31-29-26-19-17-15-13-11-9-7-2/h8,10,14,16,20-21,26,29,44-45H,6-7,9,11-13,15,17-19,22-25,27-28,30-43H2,1-5H3/b10-8+,16-14+,21-20+,29-26+. The summed E-state index contributed by atoms with van der Waals surface area (Å²) in [6, 6.07) is -0.729. The molecule has 0 N–H and O–H groups in total. The molecule has 0 heterocycles. The van der Waals surface area contributed by atoms with Crippen LogP contribution < -0.4 is 5.11 Å². The average molecular weight is 788 g/mol. The molecule has 0 aliphatic heterocycles. The summed E-state index contributed by atoms with van der Waals surface area (Å²) in [5.74, 6) is -1.76. The van der Waals surface area contributed by atoms with Crippen molar-refractivity contribution in [3.05, 3.63) is 48.6 Å². The van der Waals surface area contributed by atoms with Gasteiger partial charge >= 0.3 is 11.9 Å². The Hall–Kier alpha value is -2.71. The van der Waals surface area contributed by atoms with E-state index in [2.05, 4.69) is 62.5 Å². The molecule has 0 aromatic rings. The minimum absolute atomic E-state index is 0.0328. The van der Waals surface area contributed by atoms with Crippen molar-refractivity contribution in [3.63, 3.8) is 0 Å². The molecule has 0 spiro atoms. The highest BCUT2D eigenvalue weighted by molar-refractivity contribution is 5.70. The molecule has 2 unspecified atom stereocenters. The number of carboxylic acid groups (broad SMARTS) is 1. The number of likely N-dealkylation sites (N-methyl/N-ethyl adjacent to an activating group) is 1. The SMILES string of the molecule is CC/C=C/C/C=C/C/C=C/CCCCCCCCCCCC(=O)OCC(COCCC(C(=O)[O-])[N+](C)(C)C)OC(=O)CCCCC/C=C/CCCCCCCC. The van der Waals surface area contributed by atoms with Crippen molar-refractivity contribution in [2.45, 2.75) is 199 Å². The van der Waals surface area contributed by atoms with Gasteiger partial charge in [-0.2, -0.15) is 0 Å². The number of carbonyl (C=O) groups is 3. The fraction of sp³-hybridized carbons (Fsp3) is 0.771. The molecule has 0 aliphatic carbocycles. The number of hydrogen-bond donors (Lipinski definition) is 0.